The highest BCUT2D eigenvalue weighted by atomic mass is 35.5. The van der Waals surface area contributed by atoms with Crippen molar-refractivity contribution in [2.45, 2.75) is 12.8 Å². The first kappa shape index (κ1) is 20.7. The number of likely N-dealkylation sites (tertiary alicyclic amines) is 1. The number of hydrogen-bond acceptors (Lipinski definition) is 5. The van der Waals surface area contributed by atoms with Crippen molar-refractivity contribution in [2.75, 3.05) is 42.9 Å². The zero-order valence-electron chi connectivity index (χ0n) is 16.4. The third-order valence-electron chi connectivity index (χ3n) is 5.41. The Hall–Kier alpha value is -2.58. The van der Waals surface area contributed by atoms with Crippen molar-refractivity contribution in [1.82, 2.24) is 10.2 Å². The smallest absolute Gasteiger partial charge is 0.263 e. The van der Waals surface area contributed by atoms with E-state index in [1.54, 1.807) is 17.0 Å². The molecule has 2 aliphatic rings. The molecule has 0 aliphatic carbocycles. The summed E-state index contributed by atoms with van der Waals surface area (Å²) in [6.07, 6.45) is 1.54. The number of carbonyl (C=O) groups excluding carboxylic acids is 3. The number of piperazine rings is 1. The summed E-state index contributed by atoms with van der Waals surface area (Å²) in [5, 5.41) is 8.08. The van der Waals surface area contributed by atoms with Crippen molar-refractivity contribution in [3.63, 3.8) is 0 Å². The van der Waals surface area contributed by atoms with E-state index in [0.717, 1.165) is 18.5 Å². The van der Waals surface area contributed by atoms with E-state index in [1.165, 1.54) is 11.3 Å². The van der Waals surface area contributed by atoms with E-state index >= 15 is 0 Å². The summed E-state index contributed by atoms with van der Waals surface area (Å²) in [5.41, 5.74) is 1.38. The molecule has 0 radical (unpaired) electrons. The molecule has 0 spiro atoms. The molecule has 3 heterocycles. The van der Waals surface area contributed by atoms with E-state index < -0.39 is 0 Å². The number of thiophene rings is 1. The Morgan fingerprint density at radius 1 is 1.23 bits per heavy atom. The first-order valence-corrected chi connectivity index (χ1v) is 11.2. The lowest BCUT2D eigenvalue weighted by Gasteiger charge is -2.32. The number of anilines is 2. The molecule has 9 heteroatoms. The van der Waals surface area contributed by atoms with Gasteiger partial charge in [0, 0.05) is 31.9 Å². The molecule has 2 N–H and O–H groups in total. The van der Waals surface area contributed by atoms with Crippen molar-refractivity contribution < 1.29 is 14.4 Å². The second-order valence-electron chi connectivity index (χ2n) is 7.49. The maximum atomic E-state index is 12.8. The van der Waals surface area contributed by atoms with Gasteiger partial charge in [-0.1, -0.05) is 17.7 Å². The van der Waals surface area contributed by atoms with Gasteiger partial charge in [-0.05, 0) is 42.5 Å². The van der Waals surface area contributed by atoms with Gasteiger partial charge in [-0.15, -0.1) is 11.3 Å². The summed E-state index contributed by atoms with van der Waals surface area (Å²) < 4.78 is 0. The molecule has 158 valence electrons. The molecule has 2 aliphatic heterocycles. The molecule has 30 heavy (non-hydrogen) atoms. The number of amides is 3. The summed E-state index contributed by atoms with van der Waals surface area (Å²) in [6.45, 7) is 2.62. The topological polar surface area (TPSA) is 81.8 Å². The normalized spacial score (nSPS) is 19.4. The fourth-order valence-corrected chi connectivity index (χ4v) is 4.85. The lowest BCUT2D eigenvalue weighted by atomic mass is 9.97. The molecular weight excluding hydrogens is 424 g/mol. The largest absolute Gasteiger partial charge is 0.359 e. The fourth-order valence-electron chi connectivity index (χ4n) is 3.86. The lowest BCUT2D eigenvalue weighted by molar-refractivity contribution is -0.121. The van der Waals surface area contributed by atoms with Crippen molar-refractivity contribution in [3.05, 3.63) is 45.6 Å². The van der Waals surface area contributed by atoms with Crippen molar-refractivity contribution in [2.24, 2.45) is 5.92 Å². The Morgan fingerprint density at radius 2 is 2.10 bits per heavy atom. The van der Waals surface area contributed by atoms with Crippen molar-refractivity contribution in [1.29, 1.82) is 0 Å². The molecule has 1 unspecified atom stereocenters. The molecule has 7 nitrogen and oxygen atoms in total. The molecule has 0 saturated carbocycles. The summed E-state index contributed by atoms with van der Waals surface area (Å²) in [6, 6.07) is 8.99. The van der Waals surface area contributed by atoms with E-state index in [9.17, 15) is 14.4 Å². The standard InChI is InChI=1S/C21H23ClN4O3S/c22-16-11-15(5-6-17(16)25-9-7-23-19(27)13-25)24-20(28)14-3-1-8-26(12-14)21(29)18-4-2-10-30-18/h2,4-6,10-11,14H,1,3,7-9,12-13H2,(H,23,27)(H,24,28). The number of hydrogen-bond donors (Lipinski definition) is 2. The van der Waals surface area contributed by atoms with Gasteiger partial charge in [-0.3, -0.25) is 14.4 Å². The first-order chi connectivity index (χ1) is 14.5. The van der Waals surface area contributed by atoms with Crippen LogP contribution in [0.25, 0.3) is 0 Å². The van der Waals surface area contributed by atoms with E-state index in [1.807, 2.05) is 28.5 Å². The van der Waals surface area contributed by atoms with Gasteiger partial charge in [-0.25, -0.2) is 0 Å². The SMILES string of the molecule is O=C1CN(c2ccc(NC(=O)C3CCCN(C(=O)c4cccs4)C3)cc2Cl)CCN1. The molecular formula is C21H23ClN4O3S. The summed E-state index contributed by atoms with van der Waals surface area (Å²) in [4.78, 5) is 41.4. The van der Waals surface area contributed by atoms with Crippen LogP contribution in [-0.2, 0) is 9.59 Å². The van der Waals surface area contributed by atoms with E-state index in [2.05, 4.69) is 10.6 Å². The van der Waals surface area contributed by atoms with Gasteiger partial charge in [0.15, 0.2) is 0 Å². The number of halogens is 1. The zero-order valence-corrected chi connectivity index (χ0v) is 18.0. The van der Waals surface area contributed by atoms with Crippen LogP contribution in [-0.4, -0.2) is 55.3 Å². The Bertz CT molecular complexity index is 950. The number of nitrogens with zero attached hydrogens (tertiary/aromatic N) is 2. The van der Waals surface area contributed by atoms with Crippen LogP contribution in [0.15, 0.2) is 35.7 Å². The van der Waals surface area contributed by atoms with Crippen molar-refractivity contribution >= 4 is 52.0 Å². The Balaban J connectivity index is 1.39. The predicted molar refractivity (Wildman–Crippen MR) is 118 cm³/mol. The van der Waals surface area contributed by atoms with Gasteiger partial charge >= 0.3 is 0 Å². The average molecular weight is 447 g/mol. The van der Waals surface area contributed by atoms with Gasteiger partial charge in [0.1, 0.15) is 0 Å². The lowest BCUT2D eigenvalue weighted by Crippen LogP contribution is -2.47. The maximum absolute atomic E-state index is 12.8. The number of piperidine rings is 1. The van der Waals surface area contributed by atoms with Crippen LogP contribution in [0.4, 0.5) is 11.4 Å². The predicted octanol–water partition coefficient (Wildman–Crippen LogP) is 2.83. The number of nitrogens with one attached hydrogen (secondary N) is 2. The number of carbonyl (C=O) groups is 3. The Labute approximate surface area is 184 Å². The summed E-state index contributed by atoms with van der Waals surface area (Å²) >= 11 is 7.84. The monoisotopic (exact) mass is 446 g/mol. The summed E-state index contributed by atoms with van der Waals surface area (Å²) in [5.74, 6) is -0.416. The fraction of sp³-hybridized carbons (Fsp3) is 0.381. The Morgan fingerprint density at radius 3 is 2.83 bits per heavy atom. The molecule has 4 rings (SSSR count). The molecule has 0 bridgehead atoms. The van der Waals surface area contributed by atoms with Gasteiger partial charge in [0.05, 0.1) is 28.0 Å². The maximum Gasteiger partial charge on any atom is 0.263 e. The second-order valence-corrected chi connectivity index (χ2v) is 8.85. The molecule has 2 saturated heterocycles. The molecule has 3 amide bonds. The third-order valence-corrected chi connectivity index (χ3v) is 6.57. The zero-order chi connectivity index (χ0) is 21.1. The minimum absolute atomic E-state index is 0.0135. The minimum Gasteiger partial charge on any atom is -0.359 e. The average Bonchev–Trinajstić information content (AvgIpc) is 3.28. The van der Waals surface area contributed by atoms with Crippen LogP contribution in [0, 0.1) is 5.92 Å². The highest BCUT2D eigenvalue weighted by Gasteiger charge is 2.29. The van der Waals surface area contributed by atoms with Crippen LogP contribution in [0.3, 0.4) is 0 Å². The first-order valence-electron chi connectivity index (χ1n) is 9.96. The minimum atomic E-state index is -0.257. The highest BCUT2D eigenvalue weighted by Crippen LogP contribution is 2.30. The number of rotatable bonds is 4. The molecule has 1 aromatic heterocycles. The van der Waals surface area contributed by atoms with E-state index in [-0.39, 0.29) is 30.2 Å². The van der Waals surface area contributed by atoms with Crippen LogP contribution in [0.1, 0.15) is 22.5 Å². The van der Waals surface area contributed by atoms with Gasteiger partial charge in [0.2, 0.25) is 11.8 Å². The highest BCUT2D eigenvalue weighted by molar-refractivity contribution is 7.12. The van der Waals surface area contributed by atoms with Crippen LogP contribution >= 0.6 is 22.9 Å². The van der Waals surface area contributed by atoms with Gasteiger partial charge in [-0.2, -0.15) is 0 Å². The molecule has 2 aromatic rings. The van der Waals surface area contributed by atoms with Crippen LogP contribution < -0.4 is 15.5 Å². The van der Waals surface area contributed by atoms with E-state index in [4.69, 9.17) is 11.6 Å². The van der Waals surface area contributed by atoms with Crippen LogP contribution in [0.2, 0.25) is 5.02 Å². The Kier molecular flexibility index (Phi) is 6.24. The molecule has 1 aromatic carbocycles. The second kappa shape index (κ2) is 9.06. The van der Waals surface area contributed by atoms with Gasteiger partial charge in [0.25, 0.3) is 5.91 Å². The third kappa shape index (κ3) is 4.60. The van der Waals surface area contributed by atoms with Gasteiger partial charge < -0.3 is 20.4 Å². The van der Waals surface area contributed by atoms with Crippen molar-refractivity contribution in [3.8, 4) is 0 Å². The number of benzene rings is 1. The molecule has 2 fully saturated rings. The quantitative estimate of drug-likeness (QED) is 0.756. The van der Waals surface area contributed by atoms with E-state index in [0.29, 0.717) is 41.8 Å². The summed E-state index contributed by atoms with van der Waals surface area (Å²) in [7, 11) is 0. The van der Waals surface area contributed by atoms with Crippen LogP contribution in [0.5, 0.6) is 0 Å². The molecule has 1 atom stereocenters.